The van der Waals surface area contributed by atoms with Gasteiger partial charge in [-0.1, -0.05) is 19.4 Å². The first-order chi connectivity index (χ1) is 6.16. The quantitative estimate of drug-likeness (QED) is 0.467. The van der Waals surface area contributed by atoms with Gasteiger partial charge in [0.15, 0.2) is 0 Å². The van der Waals surface area contributed by atoms with E-state index >= 15 is 0 Å². The van der Waals surface area contributed by atoms with Gasteiger partial charge in [0.05, 0.1) is 5.70 Å². The van der Waals surface area contributed by atoms with Crippen molar-refractivity contribution in [2.45, 2.75) is 38.5 Å². The summed E-state index contributed by atoms with van der Waals surface area (Å²) in [5, 5.41) is 11.0. The molecule has 0 unspecified atom stereocenters. The normalized spacial score (nSPS) is 9.54. The first kappa shape index (κ1) is 11.8. The molecule has 0 aromatic rings. The maximum atomic E-state index is 10.1. The topological polar surface area (TPSA) is 66.7 Å². The average molecular weight is 185 g/mol. The van der Waals surface area contributed by atoms with Crippen molar-refractivity contribution in [3.05, 3.63) is 17.2 Å². The van der Waals surface area contributed by atoms with Crippen molar-refractivity contribution in [1.82, 2.24) is 0 Å². The van der Waals surface area contributed by atoms with Crippen molar-refractivity contribution in [3.63, 3.8) is 0 Å². The zero-order valence-corrected chi connectivity index (χ0v) is 7.66. The molecule has 0 atom stereocenters. The minimum atomic E-state index is -0.751. The number of hydrogen-bond donors (Lipinski definition) is 1. The third-order valence-corrected chi connectivity index (χ3v) is 1.74. The molecule has 0 saturated carbocycles. The van der Waals surface area contributed by atoms with Crippen molar-refractivity contribution >= 4 is 5.97 Å². The Kier molecular flexibility index (Phi) is 6.78. The molecular weight excluding hydrogens is 170 g/mol. The number of carboxylic acids is 1. The van der Waals surface area contributed by atoms with Crippen LogP contribution in [0.5, 0.6) is 0 Å². The Bertz CT molecular complexity index is 189. The number of nitroso groups, excluding NO2 is 1. The van der Waals surface area contributed by atoms with Crippen molar-refractivity contribution in [3.8, 4) is 0 Å². The highest BCUT2D eigenvalue weighted by Crippen LogP contribution is 2.09. The highest BCUT2D eigenvalue weighted by molar-refractivity contribution is 5.66. The van der Waals surface area contributed by atoms with Gasteiger partial charge in [0.25, 0.3) is 0 Å². The third-order valence-electron chi connectivity index (χ3n) is 1.74. The Morgan fingerprint density at radius 3 is 2.15 bits per heavy atom. The van der Waals surface area contributed by atoms with Gasteiger partial charge < -0.3 is 5.11 Å². The minimum Gasteiger partial charge on any atom is -0.481 e. The SMILES string of the molecule is C=C(CCCCCCC(=O)O)N=O. The first-order valence-corrected chi connectivity index (χ1v) is 4.39. The Morgan fingerprint density at radius 1 is 1.15 bits per heavy atom. The van der Waals surface area contributed by atoms with Crippen LogP contribution >= 0.6 is 0 Å². The fraction of sp³-hybridized carbons (Fsp3) is 0.667. The number of carbonyl (C=O) groups is 1. The zero-order chi connectivity index (χ0) is 10.1. The zero-order valence-electron chi connectivity index (χ0n) is 7.66. The van der Waals surface area contributed by atoms with Crippen LogP contribution in [0.4, 0.5) is 0 Å². The van der Waals surface area contributed by atoms with E-state index < -0.39 is 5.97 Å². The predicted molar refractivity (Wildman–Crippen MR) is 50.3 cm³/mol. The fourth-order valence-electron chi connectivity index (χ4n) is 1.00. The monoisotopic (exact) mass is 185 g/mol. The third kappa shape index (κ3) is 8.72. The first-order valence-electron chi connectivity index (χ1n) is 4.39. The number of hydrogen-bond acceptors (Lipinski definition) is 3. The minimum absolute atomic E-state index is 0.229. The molecule has 0 amide bonds. The number of carboxylic acid groups (broad SMARTS) is 1. The van der Waals surface area contributed by atoms with Crippen LogP contribution in [0, 0.1) is 4.91 Å². The van der Waals surface area contributed by atoms with Gasteiger partial charge in [0.1, 0.15) is 0 Å². The van der Waals surface area contributed by atoms with Crippen molar-refractivity contribution in [2.75, 3.05) is 0 Å². The summed E-state index contributed by atoms with van der Waals surface area (Å²) in [6.07, 6.45) is 4.24. The molecule has 0 bridgehead atoms. The molecule has 0 aliphatic rings. The molecule has 13 heavy (non-hydrogen) atoms. The van der Waals surface area contributed by atoms with Gasteiger partial charge in [0, 0.05) is 6.42 Å². The van der Waals surface area contributed by atoms with Gasteiger partial charge in [-0.3, -0.25) is 4.79 Å². The molecule has 0 heterocycles. The van der Waals surface area contributed by atoms with E-state index in [1.807, 2.05) is 0 Å². The molecule has 1 N–H and O–H groups in total. The van der Waals surface area contributed by atoms with Crippen molar-refractivity contribution < 1.29 is 9.90 Å². The summed E-state index contributed by atoms with van der Waals surface area (Å²) in [4.78, 5) is 20.0. The Labute approximate surface area is 77.6 Å². The lowest BCUT2D eigenvalue weighted by Gasteiger charge is -1.97. The smallest absolute Gasteiger partial charge is 0.303 e. The molecule has 0 rings (SSSR count). The second-order valence-electron chi connectivity index (χ2n) is 2.97. The average Bonchev–Trinajstić information content (AvgIpc) is 2.10. The van der Waals surface area contributed by atoms with Gasteiger partial charge in [-0.2, -0.15) is 0 Å². The summed E-state index contributed by atoms with van der Waals surface area (Å²) >= 11 is 0. The lowest BCUT2D eigenvalue weighted by molar-refractivity contribution is -0.137. The van der Waals surface area contributed by atoms with Crippen LogP contribution in [0.25, 0.3) is 0 Å². The van der Waals surface area contributed by atoms with Gasteiger partial charge in [-0.15, -0.1) is 4.91 Å². The standard InChI is InChI=1S/C9H15NO3/c1-8(10-13)6-4-2-3-5-7-9(11)12/h1-7H2,(H,11,12). The Hall–Kier alpha value is -1.19. The largest absolute Gasteiger partial charge is 0.481 e. The molecule has 4 heteroatoms. The van der Waals surface area contributed by atoms with Crippen LogP contribution in [0.1, 0.15) is 38.5 Å². The van der Waals surface area contributed by atoms with Crippen molar-refractivity contribution in [2.24, 2.45) is 5.18 Å². The number of rotatable bonds is 8. The van der Waals surface area contributed by atoms with Gasteiger partial charge in [-0.25, -0.2) is 0 Å². The van der Waals surface area contributed by atoms with E-state index in [0.29, 0.717) is 18.5 Å². The summed E-state index contributed by atoms with van der Waals surface area (Å²) in [7, 11) is 0. The summed E-state index contributed by atoms with van der Waals surface area (Å²) < 4.78 is 0. The molecule has 0 aromatic carbocycles. The molecule has 0 saturated heterocycles. The number of unbranched alkanes of at least 4 members (excludes halogenated alkanes) is 3. The lowest BCUT2D eigenvalue weighted by Crippen LogP contribution is -1.93. The molecule has 0 spiro atoms. The number of allylic oxidation sites excluding steroid dienone is 1. The summed E-state index contributed by atoms with van der Waals surface area (Å²) in [5.74, 6) is -0.751. The highest BCUT2D eigenvalue weighted by atomic mass is 16.4. The van der Waals surface area contributed by atoms with E-state index in [1.54, 1.807) is 0 Å². The predicted octanol–water partition coefficient (Wildman–Crippen LogP) is 2.69. The lowest BCUT2D eigenvalue weighted by atomic mass is 10.1. The van der Waals surface area contributed by atoms with Crippen LogP contribution in [0.3, 0.4) is 0 Å². The second kappa shape index (κ2) is 7.46. The van der Waals surface area contributed by atoms with Crippen LogP contribution in [-0.2, 0) is 4.79 Å². The summed E-state index contributed by atoms with van der Waals surface area (Å²) in [6.45, 7) is 3.45. The molecule has 0 aromatic heterocycles. The maximum absolute atomic E-state index is 10.1. The molecule has 0 radical (unpaired) electrons. The van der Waals surface area contributed by atoms with E-state index in [9.17, 15) is 9.70 Å². The van der Waals surface area contributed by atoms with E-state index in [0.717, 1.165) is 19.3 Å². The second-order valence-corrected chi connectivity index (χ2v) is 2.97. The molecule has 4 nitrogen and oxygen atoms in total. The van der Waals surface area contributed by atoms with Crippen LogP contribution in [0.2, 0.25) is 0 Å². The van der Waals surface area contributed by atoms with Gasteiger partial charge in [0.2, 0.25) is 0 Å². The molecule has 0 fully saturated rings. The van der Waals surface area contributed by atoms with Crippen LogP contribution < -0.4 is 0 Å². The van der Waals surface area contributed by atoms with Gasteiger partial charge in [-0.05, 0) is 24.4 Å². The Morgan fingerprint density at radius 2 is 1.69 bits per heavy atom. The van der Waals surface area contributed by atoms with Crippen LogP contribution in [-0.4, -0.2) is 11.1 Å². The molecular formula is C9H15NO3. The highest BCUT2D eigenvalue weighted by Gasteiger charge is 1.97. The number of nitrogens with zero attached hydrogens (tertiary/aromatic N) is 1. The molecule has 74 valence electrons. The Balaban J connectivity index is 3.12. The molecule has 0 aliphatic heterocycles. The fourth-order valence-corrected chi connectivity index (χ4v) is 1.00. The van der Waals surface area contributed by atoms with Gasteiger partial charge >= 0.3 is 5.97 Å². The maximum Gasteiger partial charge on any atom is 0.303 e. The summed E-state index contributed by atoms with van der Waals surface area (Å²) in [5.41, 5.74) is 0.373. The van der Waals surface area contributed by atoms with E-state index in [2.05, 4.69) is 11.8 Å². The van der Waals surface area contributed by atoms with E-state index in [-0.39, 0.29) is 6.42 Å². The van der Waals surface area contributed by atoms with Crippen LogP contribution in [0.15, 0.2) is 17.5 Å². The molecule has 0 aliphatic carbocycles. The van der Waals surface area contributed by atoms with E-state index in [4.69, 9.17) is 5.11 Å². The van der Waals surface area contributed by atoms with E-state index in [1.165, 1.54) is 0 Å². The summed E-state index contributed by atoms with van der Waals surface area (Å²) in [6, 6.07) is 0. The van der Waals surface area contributed by atoms with Crippen molar-refractivity contribution in [1.29, 1.82) is 0 Å². The number of aliphatic carboxylic acids is 1.